The van der Waals surface area contributed by atoms with E-state index in [2.05, 4.69) is 13.2 Å². The molecule has 0 saturated carbocycles. The van der Waals surface area contributed by atoms with Crippen LogP contribution < -0.4 is 18.9 Å². The summed E-state index contributed by atoms with van der Waals surface area (Å²) in [6.45, 7) is 8.46. The highest BCUT2D eigenvalue weighted by molar-refractivity contribution is 6.18. The average Bonchev–Trinajstić information content (AvgIpc) is 2.79. The summed E-state index contributed by atoms with van der Waals surface area (Å²) in [6, 6.07) is 11.9. The Labute approximate surface area is 188 Å². The fourth-order valence-electron chi connectivity index (χ4n) is 3.06. The Morgan fingerprint density at radius 3 is 1.80 bits per heavy atom. The van der Waals surface area contributed by atoms with Crippen molar-refractivity contribution in [2.75, 3.05) is 25.0 Å². The third-order valence-electron chi connectivity index (χ3n) is 4.56. The molecule has 6 heteroatoms. The van der Waals surface area contributed by atoms with Crippen molar-refractivity contribution in [1.82, 2.24) is 0 Å². The minimum absolute atomic E-state index is 0.0376. The molecule has 0 bridgehead atoms. The molecule has 30 heavy (non-hydrogen) atoms. The van der Waals surface area contributed by atoms with Crippen LogP contribution in [-0.4, -0.2) is 37.2 Å². The van der Waals surface area contributed by atoms with Crippen molar-refractivity contribution in [2.24, 2.45) is 0 Å². The van der Waals surface area contributed by atoms with Gasteiger partial charge in [-0.1, -0.05) is 24.3 Å². The van der Waals surface area contributed by atoms with Crippen LogP contribution >= 0.6 is 23.2 Å². The van der Waals surface area contributed by atoms with Gasteiger partial charge < -0.3 is 18.9 Å². The minimum atomic E-state index is -0.0434. The van der Waals surface area contributed by atoms with Gasteiger partial charge in [0.05, 0.1) is 11.8 Å². The quantitative estimate of drug-likeness (QED) is 0.426. The van der Waals surface area contributed by atoms with Gasteiger partial charge in [-0.15, -0.1) is 36.4 Å². The van der Waals surface area contributed by atoms with Crippen LogP contribution in [0.1, 0.15) is 11.1 Å². The predicted molar refractivity (Wildman–Crippen MR) is 122 cm³/mol. The Kier molecular flexibility index (Phi) is 8.35. The zero-order valence-electron chi connectivity index (χ0n) is 16.8. The van der Waals surface area contributed by atoms with Gasteiger partial charge in [-0.05, 0) is 48.2 Å². The number of benzene rings is 2. The number of alkyl halides is 2. The monoisotopic (exact) mass is 448 g/mol. The van der Waals surface area contributed by atoms with E-state index in [0.717, 1.165) is 35.8 Å². The van der Waals surface area contributed by atoms with Crippen molar-refractivity contribution in [1.29, 1.82) is 0 Å². The van der Waals surface area contributed by atoms with E-state index in [4.69, 9.17) is 42.1 Å². The number of hydrogen-bond acceptors (Lipinski definition) is 4. The molecule has 0 aromatic heterocycles. The lowest BCUT2D eigenvalue weighted by Crippen LogP contribution is -2.30. The second kappa shape index (κ2) is 11.2. The summed E-state index contributed by atoms with van der Waals surface area (Å²) in [5.41, 5.74) is 2.35. The third kappa shape index (κ3) is 5.87. The molecule has 0 N–H and O–H groups in total. The summed E-state index contributed by atoms with van der Waals surface area (Å²) in [4.78, 5) is 0. The Morgan fingerprint density at radius 2 is 1.23 bits per heavy atom. The summed E-state index contributed by atoms with van der Waals surface area (Å²) in [6.07, 6.45) is 5.33. The first kappa shape index (κ1) is 22.4. The van der Waals surface area contributed by atoms with Crippen LogP contribution in [0.4, 0.5) is 0 Å². The van der Waals surface area contributed by atoms with Crippen molar-refractivity contribution in [2.45, 2.75) is 25.0 Å². The Balaban J connectivity index is 0.000000171. The molecule has 160 valence electrons. The van der Waals surface area contributed by atoms with Crippen LogP contribution in [0.2, 0.25) is 0 Å². The SMILES string of the molecule is C=CCc1ccc2c(c1)OC(CCl)CO2.C=CCc1ccc2c(c1)OCC(CCl)O2. The van der Waals surface area contributed by atoms with Crippen LogP contribution in [0.3, 0.4) is 0 Å². The van der Waals surface area contributed by atoms with E-state index in [1.807, 2.05) is 48.6 Å². The van der Waals surface area contributed by atoms with E-state index in [1.54, 1.807) is 0 Å². The number of allylic oxidation sites excluding steroid dienone is 2. The topological polar surface area (TPSA) is 36.9 Å². The van der Waals surface area contributed by atoms with E-state index >= 15 is 0 Å². The molecule has 4 rings (SSSR count). The highest BCUT2D eigenvalue weighted by Gasteiger charge is 2.21. The van der Waals surface area contributed by atoms with E-state index in [1.165, 1.54) is 11.1 Å². The van der Waals surface area contributed by atoms with Crippen LogP contribution in [0.5, 0.6) is 23.0 Å². The first-order valence-corrected chi connectivity index (χ1v) is 10.9. The summed E-state index contributed by atoms with van der Waals surface area (Å²) in [5.74, 6) is 4.06. The van der Waals surface area contributed by atoms with Gasteiger partial charge in [-0.3, -0.25) is 0 Å². The van der Waals surface area contributed by atoms with Gasteiger partial charge in [0, 0.05) is 0 Å². The van der Waals surface area contributed by atoms with Crippen molar-refractivity contribution in [3.8, 4) is 23.0 Å². The van der Waals surface area contributed by atoms with Crippen molar-refractivity contribution >= 4 is 23.2 Å². The Morgan fingerprint density at radius 1 is 0.733 bits per heavy atom. The van der Waals surface area contributed by atoms with Crippen LogP contribution in [0.15, 0.2) is 61.7 Å². The average molecular weight is 449 g/mol. The number of fused-ring (bicyclic) bond motifs is 2. The van der Waals surface area contributed by atoms with Gasteiger partial charge in [0.25, 0.3) is 0 Å². The molecule has 2 aromatic rings. The Bertz CT molecular complexity index is 868. The first-order chi connectivity index (χ1) is 14.7. The van der Waals surface area contributed by atoms with E-state index in [9.17, 15) is 0 Å². The molecule has 2 heterocycles. The van der Waals surface area contributed by atoms with E-state index in [-0.39, 0.29) is 12.2 Å². The normalized spacial score (nSPS) is 18.6. The number of hydrogen-bond donors (Lipinski definition) is 0. The fraction of sp³-hybridized carbons (Fsp3) is 0.333. The lowest BCUT2D eigenvalue weighted by molar-refractivity contribution is 0.106. The van der Waals surface area contributed by atoms with Gasteiger partial charge in [0.15, 0.2) is 23.0 Å². The van der Waals surface area contributed by atoms with Crippen LogP contribution in [-0.2, 0) is 12.8 Å². The first-order valence-electron chi connectivity index (χ1n) is 9.85. The molecule has 2 aliphatic rings. The van der Waals surface area contributed by atoms with Crippen LogP contribution in [0.25, 0.3) is 0 Å². The van der Waals surface area contributed by atoms with E-state index < -0.39 is 0 Å². The fourth-order valence-corrected chi connectivity index (χ4v) is 3.36. The standard InChI is InChI=1S/2C12H13ClO2/c1-2-3-9-4-5-11-12(6-9)14-8-10(7-13)15-11;1-2-3-9-4-5-11-12(6-9)15-10(7-13)8-14-11/h2*2,4-6,10H,1,3,7-8H2. The molecular formula is C24H26Cl2O4. The molecule has 0 radical (unpaired) electrons. The summed E-state index contributed by atoms with van der Waals surface area (Å²) in [5, 5.41) is 0. The maximum atomic E-state index is 5.73. The molecule has 0 aliphatic carbocycles. The molecule has 2 atom stereocenters. The molecule has 2 aliphatic heterocycles. The third-order valence-corrected chi connectivity index (χ3v) is 5.25. The van der Waals surface area contributed by atoms with Crippen molar-refractivity contribution < 1.29 is 18.9 Å². The second-order valence-corrected chi connectivity index (χ2v) is 7.58. The summed E-state index contributed by atoms with van der Waals surface area (Å²) in [7, 11) is 0. The summed E-state index contributed by atoms with van der Waals surface area (Å²) < 4.78 is 22.4. The second-order valence-electron chi connectivity index (χ2n) is 6.96. The van der Waals surface area contributed by atoms with Gasteiger partial charge in [-0.2, -0.15) is 0 Å². The molecular weight excluding hydrogens is 423 g/mol. The smallest absolute Gasteiger partial charge is 0.162 e. The Hall–Kier alpha value is -2.30. The van der Waals surface area contributed by atoms with Gasteiger partial charge in [0.2, 0.25) is 0 Å². The highest BCUT2D eigenvalue weighted by atomic mass is 35.5. The van der Waals surface area contributed by atoms with Crippen LogP contribution in [0, 0.1) is 0 Å². The maximum absolute atomic E-state index is 5.73. The minimum Gasteiger partial charge on any atom is -0.486 e. The zero-order valence-corrected chi connectivity index (χ0v) is 18.3. The van der Waals surface area contributed by atoms with Gasteiger partial charge >= 0.3 is 0 Å². The number of halogens is 2. The zero-order chi connectivity index (χ0) is 21.3. The van der Waals surface area contributed by atoms with Gasteiger partial charge in [-0.25, -0.2) is 0 Å². The lowest BCUT2D eigenvalue weighted by Gasteiger charge is -2.25. The molecule has 2 aromatic carbocycles. The van der Waals surface area contributed by atoms with Gasteiger partial charge in [0.1, 0.15) is 25.4 Å². The lowest BCUT2D eigenvalue weighted by atomic mass is 10.1. The van der Waals surface area contributed by atoms with Crippen molar-refractivity contribution in [3.05, 3.63) is 72.8 Å². The number of rotatable bonds is 6. The molecule has 0 amide bonds. The number of ether oxygens (including phenoxy) is 4. The van der Waals surface area contributed by atoms with Crippen molar-refractivity contribution in [3.63, 3.8) is 0 Å². The largest absolute Gasteiger partial charge is 0.486 e. The molecule has 0 spiro atoms. The maximum Gasteiger partial charge on any atom is 0.162 e. The molecule has 0 fully saturated rings. The molecule has 2 unspecified atom stereocenters. The summed E-state index contributed by atoms with van der Waals surface area (Å²) >= 11 is 11.4. The highest BCUT2D eigenvalue weighted by Crippen LogP contribution is 2.34. The van der Waals surface area contributed by atoms with E-state index in [0.29, 0.717) is 25.0 Å². The molecule has 0 saturated heterocycles. The predicted octanol–water partition coefficient (Wildman–Crippen LogP) is 5.59. The molecule has 4 nitrogen and oxygen atoms in total.